The number of carbonyl (C=O) groups is 1. The molecule has 1 amide bonds. The predicted molar refractivity (Wildman–Crippen MR) is 86.8 cm³/mol. The third-order valence-electron chi connectivity index (χ3n) is 3.13. The molecule has 0 aliphatic rings. The van der Waals surface area contributed by atoms with E-state index < -0.39 is 0 Å². The first-order chi connectivity index (χ1) is 10.5. The summed E-state index contributed by atoms with van der Waals surface area (Å²) in [6.45, 7) is 0. The molecule has 3 rings (SSSR count). The smallest absolute Gasteiger partial charge is 0.274 e. The Hall–Kier alpha value is -2.48. The number of halogens is 1. The first kappa shape index (κ1) is 14.5. The van der Waals surface area contributed by atoms with Crippen LogP contribution in [0.2, 0.25) is 0 Å². The van der Waals surface area contributed by atoms with Gasteiger partial charge in [0.05, 0.1) is 5.52 Å². The number of fused-ring (bicyclic) bond motifs is 1. The minimum Gasteiger partial charge on any atom is -0.368 e. The Morgan fingerprint density at radius 2 is 2.09 bits per heavy atom. The fourth-order valence-electron chi connectivity index (χ4n) is 2.11. The van der Waals surface area contributed by atoms with Crippen LogP contribution >= 0.6 is 15.9 Å². The highest BCUT2D eigenvalue weighted by Crippen LogP contribution is 2.25. The highest BCUT2D eigenvalue weighted by atomic mass is 79.9. The first-order valence-electron chi connectivity index (χ1n) is 6.46. The Kier molecular flexibility index (Phi) is 3.53. The Bertz CT molecular complexity index is 873. The van der Waals surface area contributed by atoms with Crippen molar-refractivity contribution in [3.05, 3.63) is 40.6 Å². The van der Waals surface area contributed by atoms with Gasteiger partial charge < -0.3 is 10.6 Å². The molecule has 0 radical (unpaired) electrons. The monoisotopic (exact) mass is 360 g/mol. The van der Waals surface area contributed by atoms with Gasteiger partial charge in [-0.2, -0.15) is 10.1 Å². The lowest BCUT2D eigenvalue weighted by atomic mass is 10.2. The van der Waals surface area contributed by atoms with Gasteiger partial charge in [-0.15, -0.1) is 0 Å². The van der Waals surface area contributed by atoms with Gasteiger partial charge in [-0.1, -0.05) is 15.9 Å². The van der Waals surface area contributed by atoms with Crippen LogP contribution in [-0.4, -0.2) is 44.7 Å². The maximum Gasteiger partial charge on any atom is 0.274 e. The second kappa shape index (κ2) is 5.38. The fraction of sp³-hybridized carbons (Fsp3) is 0.143. The summed E-state index contributed by atoms with van der Waals surface area (Å²) < 4.78 is 2.47. The summed E-state index contributed by atoms with van der Waals surface area (Å²) >= 11 is 3.43. The Balaban J connectivity index is 2.30. The largest absolute Gasteiger partial charge is 0.368 e. The summed E-state index contributed by atoms with van der Waals surface area (Å²) in [6.07, 6.45) is 1.55. The van der Waals surface area contributed by atoms with Gasteiger partial charge in [-0.25, -0.2) is 9.67 Å². The number of carbonyl (C=O) groups excluding carboxylic acids is 1. The van der Waals surface area contributed by atoms with E-state index in [1.54, 1.807) is 31.0 Å². The number of hydrogen-bond donors (Lipinski definition) is 1. The molecule has 1 aromatic carbocycles. The number of rotatable bonds is 2. The van der Waals surface area contributed by atoms with Gasteiger partial charge in [0.2, 0.25) is 5.95 Å². The standard InChI is InChI=1S/C14H13BrN6O/c1-20(2)13(22)12-9-4-3-8(15)7-10(9)21(19-12)11-5-6-17-14(16)18-11/h3-7H,1-2H3,(H2,16,17,18). The number of aromatic nitrogens is 4. The fourth-order valence-corrected chi connectivity index (χ4v) is 2.46. The van der Waals surface area contributed by atoms with Gasteiger partial charge in [0.15, 0.2) is 11.5 Å². The average Bonchev–Trinajstić information content (AvgIpc) is 2.84. The van der Waals surface area contributed by atoms with Crippen molar-refractivity contribution in [1.29, 1.82) is 0 Å². The van der Waals surface area contributed by atoms with Crippen LogP contribution in [-0.2, 0) is 0 Å². The van der Waals surface area contributed by atoms with Crippen LogP contribution in [0.1, 0.15) is 10.5 Å². The molecule has 2 N–H and O–H groups in total. The van der Waals surface area contributed by atoms with Crippen molar-refractivity contribution in [2.75, 3.05) is 19.8 Å². The highest BCUT2D eigenvalue weighted by molar-refractivity contribution is 9.10. The molecule has 8 heteroatoms. The van der Waals surface area contributed by atoms with Crippen molar-refractivity contribution in [3.8, 4) is 5.82 Å². The van der Waals surface area contributed by atoms with E-state index in [4.69, 9.17) is 5.73 Å². The number of benzene rings is 1. The molecule has 0 saturated carbocycles. The molecule has 0 spiro atoms. The second-order valence-corrected chi connectivity index (χ2v) is 5.81. The van der Waals surface area contributed by atoms with Gasteiger partial charge in [0.1, 0.15) is 0 Å². The van der Waals surface area contributed by atoms with Crippen molar-refractivity contribution in [3.63, 3.8) is 0 Å². The van der Waals surface area contributed by atoms with Gasteiger partial charge in [-0.05, 0) is 18.2 Å². The highest BCUT2D eigenvalue weighted by Gasteiger charge is 2.20. The lowest BCUT2D eigenvalue weighted by molar-refractivity contribution is 0.0823. The Morgan fingerprint density at radius 3 is 2.77 bits per heavy atom. The van der Waals surface area contributed by atoms with Gasteiger partial charge in [-0.3, -0.25) is 4.79 Å². The number of nitrogens with two attached hydrogens (primary N) is 1. The van der Waals surface area contributed by atoms with E-state index in [9.17, 15) is 4.79 Å². The molecule has 0 bridgehead atoms. The molecule has 0 aliphatic carbocycles. The van der Waals surface area contributed by atoms with E-state index in [1.165, 1.54) is 4.90 Å². The number of anilines is 1. The molecule has 2 aromatic heterocycles. The van der Waals surface area contributed by atoms with Crippen LogP contribution in [0.25, 0.3) is 16.7 Å². The minimum absolute atomic E-state index is 0.150. The van der Waals surface area contributed by atoms with Crippen molar-refractivity contribution < 1.29 is 4.79 Å². The van der Waals surface area contributed by atoms with Gasteiger partial charge in [0, 0.05) is 36.2 Å². The lowest BCUT2D eigenvalue weighted by Crippen LogP contribution is -2.22. The van der Waals surface area contributed by atoms with E-state index in [0.29, 0.717) is 11.5 Å². The topological polar surface area (TPSA) is 89.9 Å². The molecular formula is C14H13BrN6O. The lowest BCUT2D eigenvalue weighted by Gasteiger charge is -2.07. The molecule has 0 atom stereocenters. The Labute approximate surface area is 134 Å². The van der Waals surface area contributed by atoms with Crippen LogP contribution in [0.5, 0.6) is 0 Å². The van der Waals surface area contributed by atoms with Gasteiger partial charge >= 0.3 is 0 Å². The molecule has 7 nitrogen and oxygen atoms in total. The third kappa shape index (κ3) is 2.41. The Morgan fingerprint density at radius 1 is 1.32 bits per heavy atom. The number of nitrogens with zero attached hydrogens (tertiary/aromatic N) is 5. The van der Waals surface area contributed by atoms with Crippen molar-refractivity contribution in [2.45, 2.75) is 0 Å². The molecule has 3 aromatic rings. The number of hydrogen-bond acceptors (Lipinski definition) is 5. The maximum atomic E-state index is 12.3. The average molecular weight is 361 g/mol. The van der Waals surface area contributed by atoms with Crippen molar-refractivity contribution >= 4 is 38.7 Å². The van der Waals surface area contributed by atoms with Crippen LogP contribution in [0.15, 0.2) is 34.9 Å². The summed E-state index contributed by atoms with van der Waals surface area (Å²) in [5.41, 5.74) is 6.76. The van der Waals surface area contributed by atoms with Crippen molar-refractivity contribution in [1.82, 2.24) is 24.6 Å². The van der Waals surface area contributed by atoms with E-state index >= 15 is 0 Å². The molecule has 2 heterocycles. The van der Waals surface area contributed by atoms with Crippen LogP contribution < -0.4 is 5.73 Å². The number of nitrogen functional groups attached to an aromatic ring is 1. The maximum absolute atomic E-state index is 12.3. The van der Waals surface area contributed by atoms with Crippen LogP contribution in [0.4, 0.5) is 5.95 Å². The molecule has 22 heavy (non-hydrogen) atoms. The first-order valence-corrected chi connectivity index (χ1v) is 7.25. The van der Waals surface area contributed by atoms with Gasteiger partial charge in [0.25, 0.3) is 5.91 Å². The van der Waals surface area contributed by atoms with Crippen LogP contribution in [0.3, 0.4) is 0 Å². The van der Waals surface area contributed by atoms with E-state index in [0.717, 1.165) is 15.4 Å². The summed E-state index contributed by atoms with van der Waals surface area (Å²) in [4.78, 5) is 21.9. The molecule has 0 fully saturated rings. The van der Waals surface area contributed by atoms with Crippen molar-refractivity contribution in [2.24, 2.45) is 0 Å². The summed E-state index contributed by atoms with van der Waals surface area (Å²) in [7, 11) is 3.38. The summed E-state index contributed by atoms with van der Waals surface area (Å²) in [5, 5.41) is 5.17. The second-order valence-electron chi connectivity index (χ2n) is 4.89. The molecule has 0 aliphatic heterocycles. The molecule has 0 saturated heterocycles. The zero-order valence-corrected chi connectivity index (χ0v) is 13.6. The predicted octanol–water partition coefficient (Wildman–Crippen LogP) is 1.86. The number of amides is 1. The molecule has 0 unspecified atom stereocenters. The SMILES string of the molecule is CN(C)C(=O)c1nn(-c2ccnc(N)n2)c2cc(Br)ccc12. The molecule has 112 valence electrons. The van der Waals surface area contributed by atoms with E-state index in [-0.39, 0.29) is 11.9 Å². The van der Waals surface area contributed by atoms with Crippen LogP contribution in [0, 0.1) is 0 Å². The van der Waals surface area contributed by atoms with E-state index in [2.05, 4.69) is 31.0 Å². The zero-order valence-electron chi connectivity index (χ0n) is 12.0. The zero-order chi connectivity index (χ0) is 15.9. The third-order valence-corrected chi connectivity index (χ3v) is 3.62. The van der Waals surface area contributed by atoms with E-state index in [1.807, 2.05) is 18.2 Å². The summed E-state index contributed by atoms with van der Waals surface area (Å²) in [6, 6.07) is 7.29. The minimum atomic E-state index is -0.173. The normalized spacial score (nSPS) is 10.9. The quantitative estimate of drug-likeness (QED) is 0.753. The molecular weight excluding hydrogens is 348 g/mol. The summed E-state index contributed by atoms with van der Waals surface area (Å²) in [5.74, 6) is 0.484.